The van der Waals surface area contributed by atoms with Crippen LogP contribution in [0.15, 0.2) is 35.2 Å². The van der Waals surface area contributed by atoms with E-state index in [1.807, 2.05) is 19.1 Å². The van der Waals surface area contributed by atoms with Crippen molar-refractivity contribution in [2.45, 2.75) is 25.7 Å². The molecule has 0 bridgehead atoms. The van der Waals surface area contributed by atoms with Crippen molar-refractivity contribution in [3.63, 3.8) is 0 Å². The average Bonchev–Trinajstić information content (AvgIpc) is 2.67. The highest BCUT2D eigenvalue weighted by molar-refractivity contribution is 7.92. The first-order valence-electron chi connectivity index (χ1n) is 7.93. The van der Waals surface area contributed by atoms with Gasteiger partial charge in [0.1, 0.15) is 12.4 Å². The van der Waals surface area contributed by atoms with Crippen molar-refractivity contribution >= 4 is 21.6 Å². The number of amides is 1. The third kappa shape index (κ3) is 3.46. The van der Waals surface area contributed by atoms with Gasteiger partial charge in [0.15, 0.2) is 0 Å². The molecular formula is C18H20N2O4S. The lowest BCUT2D eigenvalue weighted by molar-refractivity contribution is 0.0957. The fourth-order valence-electron chi connectivity index (χ4n) is 3.11. The van der Waals surface area contributed by atoms with Gasteiger partial charge in [0, 0.05) is 5.69 Å². The average molecular weight is 360 g/mol. The van der Waals surface area contributed by atoms with Gasteiger partial charge >= 0.3 is 0 Å². The van der Waals surface area contributed by atoms with Gasteiger partial charge in [-0.15, -0.1) is 0 Å². The van der Waals surface area contributed by atoms with Crippen molar-refractivity contribution in [1.29, 1.82) is 0 Å². The number of anilines is 1. The number of ether oxygens (including phenoxy) is 1. The van der Waals surface area contributed by atoms with Gasteiger partial charge in [-0.25, -0.2) is 8.42 Å². The molecule has 0 fully saturated rings. The van der Waals surface area contributed by atoms with E-state index in [2.05, 4.69) is 10.0 Å². The summed E-state index contributed by atoms with van der Waals surface area (Å²) >= 11 is 0. The number of nitrogens with one attached hydrogen (secondary N) is 2. The summed E-state index contributed by atoms with van der Waals surface area (Å²) in [7, 11) is -3.77. The Kier molecular flexibility index (Phi) is 4.43. The molecule has 0 aliphatic carbocycles. The van der Waals surface area contributed by atoms with E-state index in [-0.39, 0.29) is 10.8 Å². The second-order valence-electron chi connectivity index (χ2n) is 6.15. The first-order chi connectivity index (χ1) is 11.8. The maximum atomic E-state index is 12.8. The Hall–Kier alpha value is -2.54. The van der Waals surface area contributed by atoms with E-state index in [1.54, 1.807) is 26.0 Å². The molecule has 0 unspecified atom stereocenters. The highest BCUT2D eigenvalue weighted by Gasteiger charge is 2.22. The van der Waals surface area contributed by atoms with Crippen LogP contribution in [0.5, 0.6) is 5.75 Å². The lowest BCUT2D eigenvalue weighted by Gasteiger charge is -2.15. The van der Waals surface area contributed by atoms with E-state index in [9.17, 15) is 13.2 Å². The molecule has 7 heteroatoms. The van der Waals surface area contributed by atoms with Gasteiger partial charge in [-0.3, -0.25) is 9.52 Å². The second kappa shape index (κ2) is 6.40. The number of hydrogen-bond acceptors (Lipinski definition) is 4. The van der Waals surface area contributed by atoms with Gasteiger partial charge < -0.3 is 10.1 Å². The Morgan fingerprint density at radius 2 is 1.76 bits per heavy atom. The van der Waals surface area contributed by atoms with Crippen LogP contribution < -0.4 is 14.8 Å². The van der Waals surface area contributed by atoms with Crippen molar-refractivity contribution in [3.05, 3.63) is 52.6 Å². The SMILES string of the molecule is Cc1cc(C)c(S(=O)(=O)Nc2ccc3c(c2)C(=O)NCCO3)c(C)c1. The van der Waals surface area contributed by atoms with Gasteiger partial charge in [-0.05, 0) is 50.1 Å². The predicted octanol–water partition coefficient (Wildman–Crippen LogP) is 2.53. The zero-order valence-electron chi connectivity index (χ0n) is 14.3. The molecule has 0 atom stereocenters. The van der Waals surface area contributed by atoms with E-state index in [1.165, 1.54) is 6.07 Å². The molecule has 2 N–H and O–H groups in total. The quantitative estimate of drug-likeness (QED) is 0.881. The van der Waals surface area contributed by atoms with Crippen LogP contribution in [0.25, 0.3) is 0 Å². The van der Waals surface area contributed by atoms with E-state index in [0.717, 1.165) is 5.56 Å². The molecular weight excluding hydrogens is 340 g/mol. The molecule has 0 saturated carbocycles. The molecule has 2 aromatic carbocycles. The largest absolute Gasteiger partial charge is 0.491 e. The zero-order chi connectivity index (χ0) is 18.2. The standard InChI is InChI=1S/C18H20N2O4S/c1-11-8-12(2)17(13(3)9-11)25(22,23)20-14-4-5-16-15(10-14)18(21)19-6-7-24-16/h4-5,8-10,20H,6-7H2,1-3H3,(H,19,21). The van der Waals surface area contributed by atoms with Crippen LogP contribution in [0, 0.1) is 20.8 Å². The number of rotatable bonds is 3. The number of carbonyl (C=O) groups is 1. The summed E-state index contributed by atoms with van der Waals surface area (Å²) in [6.45, 7) is 6.26. The molecule has 6 nitrogen and oxygen atoms in total. The fraction of sp³-hybridized carbons (Fsp3) is 0.278. The molecule has 0 saturated heterocycles. The van der Waals surface area contributed by atoms with Gasteiger partial charge in [-0.2, -0.15) is 0 Å². The van der Waals surface area contributed by atoms with Crippen LogP contribution >= 0.6 is 0 Å². The van der Waals surface area contributed by atoms with E-state index < -0.39 is 10.0 Å². The summed E-state index contributed by atoms with van der Waals surface area (Å²) < 4.78 is 33.7. The Morgan fingerprint density at radius 3 is 2.44 bits per heavy atom. The summed E-state index contributed by atoms with van der Waals surface area (Å²) in [6, 6.07) is 8.35. The third-order valence-corrected chi connectivity index (χ3v) is 5.68. The van der Waals surface area contributed by atoms with Crippen LogP contribution in [-0.2, 0) is 10.0 Å². The van der Waals surface area contributed by atoms with Crippen molar-refractivity contribution in [2.24, 2.45) is 0 Å². The molecule has 0 aromatic heterocycles. The maximum absolute atomic E-state index is 12.8. The normalized spacial score (nSPS) is 14.1. The van der Waals surface area contributed by atoms with Crippen molar-refractivity contribution in [2.75, 3.05) is 17.9 Å². The molecule has 0 spiro atoms. The van der Waals surface area contributed by atoms with Gasteiger partial charge in [0.2, 0.25) is 0 Å². The van der Waals surface area contributed by atoms with Crippen molar-refractivity contribution in [1.82, 2.24) is 5.32 Å². The third-order valence-electron chi connectivity index (χ3n) is 3.99. The molecule has 25 heavy (non-hydrogen) atoms. The minimum atomic E-state index is -3.77. The summed E-state index contributed by atoms with van der Waals surface area (Å²) in [6.07, 6.45) is 0. The number of fused-ring (bicyclic) bond motifs is 1. The van der Waals surface area contributed by atoms with Crippen LogP contribution in [-0.4, -0.2) is 27.5 Å². The molecule has 1 heterocycles. The Labute approximate surface area is 147 Å². The fourth-order valence-corrected chi connectivity index (χ4v) is 4.62. The molecule has 1 aliphatic rings. The Bertz CT molecular complexity index is 929. The molecule has 2 aromatic rings. The van der Waals surface area contributed by atoms with E-state index in [4.69, 9.17) is 4.74 Å². The second-order valence-corrected chi connectivity index (χ2v) is 7.77. The summed E-state index contributed by atoms with van der Waals surface area (Å²) in [5, 5.41) is 2.71. The topological polar surface area (TPSA) is 84.5 Å². The first kappa shape index (κ1) is 17.3. The maximum Gasteiger partial charge on any atom is 0.262 e. The van der Waals surface area contributed by atoms with Gasteiger partial charge in [0.25, 0.3) is 15.9 Å². The molecule has 1 amide bonds. The zero-order valence-corrected chi connectivity index (χ0v) is 15.2. The Morgan fingerprint density at radius 1 is 1.08 bits per heavy atom. The molecule has 3 rings (SSSR count). The number of aryl methyl sites for hydroxylation is 3. The van der Waals surface area contributed by atoms with Crippen LogP contribution in [0.3, 0.4) is 0 Å². The van der Waals surface area contributed by atoms with Gasteiger partial charge in [0.05, 0.1) is 17.0 Å². The summed E-state index contributed by atoms with van der Waals surface area (Å²) in [5.41, 5.74) is 3.00. The summed E-state index contributed by atoms with van der Waals surface area (Å²) in [4.78, 5) is 12.3. The monoisotopic (exact) mass is 360 g/mol. The number of benzene rings is 2. The van der Waals surface area contributed by atoms with Crippen LogP contribution in [0.1, 0.15) is 27.0 Å². The number of hydrogen-bond donors (Lipinski definition) is 2. The lowest BCUT2D eigenvalue weighted by atomic mass is 10.1. The van der Waals surface area contributed by atoms with Crippen molar-refractivity contribution in [3.8, 4) is 5.75 Å². The minimum Gasteiger partial charge on any atom is -0.491 e. The minimum absolute atomic E-state index is 0.258. The Balaban J connectivity index is 1.99. The first-order valence-corrected chi connectivity index (χ1v) is 9.42. The molecule has 0 radical (unpaired) electrons. The highest BCUT2D eigenvalue weighted by Crippen LogP contribution is 2.28. The van der Waals surface area contributed by atoms with Gasteiger partial charge in [-0.1, -0.05) is 17.7 Å². The van der Waals surface area contributed by atoms with Crippen molar-refractivity contribution < 1.29 is 17.9 Å². The number of carbonyl (C=O) groups excluding carboxylic acids is 1. The van der Waals surface area contributed by atoms with E-state index in [0.29, 0.717) is 41.3 Å². The summed E-state index contributed by atoms with van der Waals surface area (Å²) in [5.74, 6) is 0.164. The molecule has 1 aliphatic heterocycles. The predicted molar refractivity (Wildman–Crippen MR) is 95.7 cm³/mol. The smallest absolute Gasteiger partial charge is 0.262 e. The van der Waals surface area contributed by atoms with E-state index >= 15 is 0 Å². The number of sulfonamides is 1. The van der Waals surface area contributed by atoms with Crippen LogP contribution in [0.2, 0.25) is 0 Å². The lowest BCUT2D eigenvalue weighted by Crippen LogP contribution is -2.24. The highest BCUT2D eigenvalue weighted by atomic mass is 32.2. The molecule has 132 valence electrons. The van der Waals surface area contributed by atoms with Crippen LogP contribution in [0.4, 0.5) is 5.69 Å².